The van der Waals surface area contributed by atoms with Crippen molar-refractivity contribution in [3.05, 3.63) is 90.0 Å². The summed E-state index contributed by atoms with van der Waals surface area (Å²) in [6, 6.07) is 19.4. The highest BCUT2D eigenvalue weighted by Gasteiger charge is 2.04. The Kier molecular flexibility index (Phi) is 7.13. The Balaban J connectivity index is 0.000000212. The Morgan fingerprint density at radius 2 is 1.48 bits per heavy atom. The number of oxime groups is 1. The molecule has 128 valence electrons. The molecule has 0 radical (unpaired) electrons. The molecule has 0 aliphatic rings. The maximum atomic E-state index is 8.09. The normalized spacial score (nSPS) is 11.0. The van der Waals surface area contributed by atoms with Gasteiger partial charge in [-0.1, -0.05) is 79.7 Å². The van der Waals surface area contributed by atoms with Crippen LogP contribution in [0.4, 0.5) is 0 Å². The number of hydrogen-bond acceptors (Lipinski definition) is 4. The Bertz CT molecular complexity index is 793. The molecule has 1 aromatic heterocycles. The molecule has 0 aliphatic heterocycles. The van der Waals surface area contributed by atoms with Gasteiger partial charge in [-0.3, -0.25) is 0 Å². The summed E-state index contributed by atoms with van der Waals surface area (Å²) < 4.78 is 1.82. The van der Waals surface area contributed by atoms with Crippen molar-refractivity contribution in [2.24, 2.45) is 10.3 Å². The smallest absolute Gasteiger partial charge is 0.132 e. The second kappa shape index (κ2) is 9.82. The second-order valence-electron chi connectivity index (χ2n) is 5.60. The largest absolute Gasteiger partial charge is 0.411 e. The van der Waals surface area contributed by atoms with Crippen LogP contribution in [0.2, 0.25) is 0 Å². The van der Waals surface area contributed by atoms with Gasteiger partial charge in [-0.25, -0.2) is 9.66 Å². The molecule has 1 N–H and O–H groups in total. The van der Waals surface area contributed by atoms with Crippen LogP contribution in [-0.2, 0) is 0 Å². The maximum absolute atomic E-state index is 8.09. The highest BCUT2D eigenvalue weighted by Crippen LogP contribution is 2.11. The first kappa shape index (κ1) is 18.1. The van der Waals surface area contributed by atoms with Gasteiger partial charge in [0.15, 0.2) is 0 Å². The van der Waals surface area contributed by atoms with E-state index in [1.54, 1.807) is 6.20 Å². The highest BCUT2D eigenvalue weighted by molar-refractivity contribution is 5.79. The molecule has 0 bridgehead atoms. The molecule has 0 saturated carbocycles. The average Bonchev–Trinajstić information content (AvgIpc) is 3.12. The summed E-state index contributed by atoms with van der Waals surface area (Å²) in [7, 11) is 0. The van der Waals surface area contributed by atoms with E-state index in [2.05, 4.69) is 29.1 Å². The molecule has 0 spiro atoms. The third-order valence-electron chi connectivity index (χ3n) is 3.30. The van der Waals surface area contributed by atoms with Crippen LogP contribution >= 0.6 is 0 Å². The number of imidazole rings is 1. The third kappa shape index (κ3) is 6.06. The number of nitrogens with zero attached hydrogens (tertiary/aromatic N) is 4. The molecule has 0 atom stereocenters. The van der Waals surface area contributed by atoms with Gasteiger partial charge in [0.25, 0.3) is 0 Å². The van der Waals surface area contributed by atoms with Gasteiger partial charge in [0.1, 0.15) is 5.82 Å². The number of benzene rings is 2. The van der Waals surface area contributed by atoms with Crippen LogP contribution in [-0.4, -0.2) is 27.3 Å². The minimum absolute atomic E-state index is 0.378. The average molecular weight is 334 g/mol. The molecule has 0 aliphatic carbocycles. The molecule has 3 rings (SSSR count). The first-order valence-corrected chi connectivity index (χ1v) is 8.06. The van der Waals surface area contributed by atoms with E-state index in [0.717, 1.165) is 17.0 Å². The van der Waals surface area contributed by atoms with E-state index < -0.39 is 0 Å². The summed E-state index contributed by atoms with van der Waals surface area (Å²) in [5, 5.41) is 15.4. The van der Waals surface area contributed by atoms with E-state index in [0.29, 0.717) is 5.92 Å². The maximum Gasteiger partial charge on any atom is 0.132 e. The summed E-state index contributed by atoms with van der Waals surface area (Å²) in [6.07, 6.45) is 6.88. The van der Waals surface area contributed by atoms with Gasteiger partial charge < -0.3 is 5.21 Å². The molecule has 2 aromatic carbocycles. The van der Waals surface area contributed by atoms with E-state index in [1.165, 1.54) is 6.21 Å². The van der Waals surface area contributed by atoms with Crippen LogP contribution in [0.1, 0.15) is 36.7 Å². The highest BCUT2D eigenvalue weighted by atomic mass is 16.4. The lowest BCUT2D eigenvalue weighted by atomic mass is 10.2. The summed E-state index contributed by atoms with van der Waals surface area (Å²) in [5.74, 6) is 1.36. The Labute approximate surface area is 148 Å². The Morgan fingerprint density at radius 3 is 2.00 bits per heavy atom. The third-order valence-corrected chi connectivity index (χ3v) is 3.30. The van der Waals surface area contributed by atoms with Gasteiger partial charge in [-0.2, -0.15) is 5.10 Å². The predicted octanol–water partition coefficient (Wildman–Crippen LogP) is 4.38. The topological polar surface area (TPSA) is 62.8 Å². The van der Waals surface area contributed by atoms with Crippen LogP contribution in [0.15, 0.2) is 83.3 Å². The molecule has 0 unspecified atom stereocenters. The lowest BCUT2D eigenvalue weighted by Crippen LogP contribution is -1.99. The minimum atomic E-state index is 0.378. The van der Waals surface area contributed by atoms with E-state index >= 15 is 0 Å². The lowest BCUT2D eigenvalue weighted by molar-refractivity contribution is 0.322. The Hall–Kier alpha value is -3.21. The van der Waals surface area contributed by atoms with Crippen molar-refractivity contribution in [2.75, 3.05) is 0 Å². The summed E-state index contributed by atoms with van der Waals surface area (Å²) in [6.45, 7) is 4.22. The van der Waals surface area contributed by atoms with Crippen LogP contribution < -0.4 is 0 Å². The monoisotopic (exact) mass is 334 g/mol. The minimum Gasteiger partial charge on any atom is -0.411 e. The van der Waals surface area contributed by atoms with E-state index in [9.17, 15) is 0 Å². The lowest BCUT2D eigenvalue weighted by Gasteiger charge is -2.03. The zero-order chi connectivity index (χ0) is 17.9. The van der Waals surface area contributed by atoms with Crippen LogP contribution in [0.3, 0.4) is 0 Å². The van der Waals surface area contributed by atoms with Crippen molar-refractivity contribution in [3.63, 3.8) is 0 Å². The second-order valence-corrected chi connectivity index (χ2v) is 5.60. The van der Waals surface area contributed by atoms with Crippen LogP contribution in [0.25, 0.3) is 0 Å². The molecule has 1 heterocycles. The molecule has 5 nitrogen and oxygen atoms in total. The molecule has 0 amide bonds. The van der Waals surface area contributed by atoms with Crippen molar-refractivity contribution >= 4 is 12.4 Å². The van der Waals surface area contributed by atoms with Crippen molar-refractivity contribution in [3.8, 4) is 0 Å². The van der Waals surface area contributed by atoms with Crippen molar-refractivity contribution in [1.82, 2.24) is 9.66 Å². The van der Waals surface area contributed by atoms with Gasteiger partial charge in [0, 0.05) is 18.3 Å². The van der Waals surface area contributed by atoms with Gasteiger partial charge >= 0.3 is 0 Å². The molecule has 0 fully saturated rings. The number of aromatic nitrogens is 2. The standard InChI is InChI=1S/C13H15N3.C7H7NO/c1-11(2)13-14-8-9-16(13)15-10-12-6-4-3-5-7-12;9-8-6-7-4-2-1-3-5-7/h3-11H,1-2H3;1-6,9H/b15-10+;8-6-. The van der Waals surface area contributed by atoms with Crippen LogP contribution in [0.5, 0.6) is 0 Å². The molecular weight excluding hydrogens is 312 g/mol. The van der Waals surface area contributed by atoms with Gasteiger partial charge in [0.05, 0.1) is 12.4 Å². The van der Waals surface area contributed by atoms with Crippen molar-refractivity contribution in [2.45, 2.75) is 19.8 Å². The zero-order valence-electron chi connectivity index (χ0n) is 14.4. The first-order valence-electron chi connectivity index (χ1n) is 8.06. The van der Waals surface area contributed by atoms with E-state index in [-0.39, 0.29) is 0 Å². The molecule has 0 saturated heterocycles. The first-order chi connectivity index (χ1) is 12.2. The molecule has 25 heavy (non-hydrogen) atoms. The zero-order valence-corrected chi connectivity index (χ0v) is 14.4. The SMILES string of the molecule is CC(C)c1nccn1/N=C/c1ccccc1.O/N=C\c1ccccc1. The van der Waals surface area contributed by atoms with Gasteiger partial charge in [0.2, 0.25) is 0 Å². The van der Waals surface area contributed by atoms with Crippen LogP contribution in [0, 0.1) is 0 Å². The van der Waals surface area contributed by atoms with E-state index in [4.69, 9.17) is 5.21 Å². The molecule has 3 aromatic rings. The van der Waals surface area contributed by atoms with E-state index in [1.807, 2.05) is 77.8 Å². The van der Waals surface area contributed by atoms with Gasteiger partial charge in [-0.15, -0.1) is 0 Å². The number of rotatable bonds is 4. The fourth-order valence-electron chi connectivity index (χ4n) is 2.09. The van der Waals surface area contributed by atoms with Crippen molar-refractivity contribution < 1.29 is 5.21 Å². The Morgan fingerprint density at radius 1 is 0.920 bits per heavy atom. The summed E-state index contributed by atoms with van der Waals surface area (Å²) in [4.78, 5) is 4.28. The predicted molar refractivity (Wildman–Crippen MR) is 102 cm³/mol. The summed E-state index contributed by atoms with van der Waals surface area (Å²) in [5.41, 5.74) is 1.99. The molecular formula is C20H22N4O. The number of hydrogen-bond donors (Lipinski definition) is 1. The summed E-state index contributed by atoms with van der Waals surface area (Å²) >= 11 is 0. The van der Waals surface area contributed by atoms with Crippen molar-refractivity contribution in [1.29, 1.82) is 0 Å². The van der Waals surface area contributed by atoms with Gasteiger partial charge in [-0.05, 0) is 11.1 Å². The molecule has 5 heteroatoms. The fraction of sp³-hybridized carbons (Fsp3) is 0.150. The fourth-order valence-corrected chi connectivity index (χ4v) is 2.09. The quantitative estimate of drug-likeness (QED) is 0.437.